The van der Waals surface area contributed by atoms with E-state index in [1.807, 2.05) is 36.1 Å². The zero-order chi connectivity index (χ0) is 19.0. The number of hydrogen-bond donors (Lipinski definition) is 0. The van der Waals surface area contributed by atoms with E-state index < -0.39 is 12.0 Å². The lowest BCUT2D eigenvalue weighted by atomic mass is 10.2. The summed E-state index contributed by atoms with van der Waals surface area (Å²) >= 11 is 0. The fourth-order valence-corrected chi connectivity index (χ4v) is 2.91. The van der Waals surface area contributed by atoms with Gasteiger partial charge >= 0.3 is 6.18 Å². The minimum Gasteiger partial charge on any atom is -0.486 e. The molecule has 0 spiro atoms. The van der Waals surface area contributed by atoms with Crippen molar-refractivity contribution < 1.29 is 22.6 Å². The Kier molecular flexibility index (Phi) is 4.25. The summed E-state index contributed by atoms with van der Waals surface area (Å²) < 4.78 is 51.5. The molecule has 10 heteroatoms. The number of anilines is 1. The lowest BCUT2D eigenvalue weighted by Gasteiger charge is -2.31. The molecule has 4 rings (SSSR count). The zero-order valence-electron chi connectivity index (χ0n) is 14.3. The number of alkyl halides is 3. The first kappa shape index (κ1) is 17.4. The molecule has 1 unspecified atom stereocenters. The van der Waals surface area contributed by atoms with Crippen molar-refractivity contribution in [1.82, 2.24) is 19.8 Å². The molecule has 0 bridgehead atoms. The molecular weight excluding hydrogens is 363 g/mol. The third kappa shape index (κ3) is 3.34. The second-order valence-corrected chi connectivity index (χ2v) is 6.02. The van der Waals surface area contributed by atoms with E-state index in [1.54, 1.807) is 6.07 Å². The summed E-state index contributed by atoms with van der Waals surface area (Å²) in [6.45, 7) is 3.17. The van der Waals surface area contributed by atoms with Crippen LogP contribution >= 0.6 is 0 Å². The number of para-hydroxylation sites is 2. The van der Waals surface area contributed by atoms with Crippen LogP contribution in [0.15, 0.2) is 36.4 Å². The van der Waals surface area contributed by atoms with Crippen LogP contribution in [0.4, 0.5) is 19.0 Å². The minimum atomic E-state index is -4.63. The first-order valence-electron chi connectivity index (χ1n) is 8.39. The van der Waals surface area contributed by atoms with Gasteiger partial charge in [-0.1, -0.05) is 12.1 Å². The molecule has 7 nitrogen and oxygen atoms in total. The van der Waals surface area contributed by atoms with Gasteiger partial charge in [-0.3, -0.25) is 0 Å². The van der Waals surface area contributed by atoms with Gasteiger partial charge in [-0.25, -0.2) is 0 Å². The van der Waals surface area contributed by atoms with Gasteiger partial charge in [0.25, 0.3) is 5.82 Å². The topological polar surface area (TPSA) is 64.8 Å². The standard InChI is InChI=1S/C17H16F3N5O2/c1-2-24(9-11-10-26-12-5-3-4-6-13(12)27-11)15-8-7-14-21-22-16(17(18,19)20)25(14)23-15/h3-8,11H,2,9-10H2,1H3. The summed E-state index contributed by atoms with van der Waals surface area (Å²) in [5.41, 5.74) is 0.0355. The van der Waals surface area contributed by atoms with Crippen LogP contribution in [0.3, 0.4) is 0 Å². The summed E-state index contributed by atoms with van der Waals surface area (Å²) in [6, 6.07) is 10.4. The van der Waals surface area contributed by atoms with E-state index in [2.05, 4.69) is 15.3 Å². The van der Waals surface area contributed by atoms with Gasteiger partial charge in [-0.2, -0.15) is 17.7 Å². The van der Waals surface area contributed by atoms with Crippen molar-refractivity contribution in [2.45, 2.75) is 19.2 Å². The molecule has 2 aromatic heterocycles. The third-order valence-electron chi connectivity index (χ3n) is 4.20. The number of likely N-dealkylation sites (N-methyl/N-ethyl adjacent to an activating group) is 1. The van der Waals surface area contributed by atoms with Crippen LogP contribution in [0.5, 0.6) is 11.5 Å². The molecule has 142 valence electrons. The molecule has 1 aliphatic rings. The zero-order valence-corrected chi connectivity index (χ0v) is 14.3. The van der Waals surface area contributed by atoms with Crippen molar-refractivity contribution in [3.63, 3.8) is 0 Å². The molecule has 0 amide bonds. The summed E-state index contributed by atoms with van der Waals surface area (Å²) in [5, 5.41) is 10.8. The molecular formula is C17H16F3N5O2. The van der Waals surface area contributed by atoms with E-state index in [0.29, 0.717) is 41.5 Å². The third-order valence-corrected chi connectivity index (χ3v) is 4.20. The highest BCUT2D eigenvalue weighted by Gasteiger charge is 2.37. The average Bonchev–Trinajstić information content (AvgIpc) is 3.09. The molecule has 3 heterocycles. The van der Waals surface area contributed by atoms with Gasteiger partial charge in [0.15, 0.2) is 23.3 Å². The maximum atomic E-state index is 13.1. The molecule has 3 aromatic rings. The quantitative estimate of drug-likeness (QED) is 0.695. The largest absolute Gasteiger partial charge is 0.486 e. The van der Waals surface area contributed by atoms with E-state index >= 15 is 0 Å². The Morgan fingerprint density at radius 2 is 1.93 bits per heavy atom. The minimum absolute atomic E-state index is 0.0355. The van der Waals surface area contributed by atoms with Crippen molar-refractivity contribution in [3.8, 4) is 11.5 Å². The van der Waals surface area contributed by atoms with Crippen molar-refractivity contribution in [1.29, 1.82) is 0 Å². The number of fused-ring (bicyclic) bond motifs is 2. The van der Waals surface area contributed by atoms with Crippen LogP contribution in [0.25, 0.3) is 5.65 Å². The van der Waals surface area contributed by atoms with E-state index in [-0.39, 0.29) is 11.8 Å². The van der Waals surface area contributed by atoms with Crippen LogP contribution in [0.1, 0.15) is 12.7 Å². The Balaban J connectivity index is 1.58. The predicted molar refractivity (Wildman–Crippen MR) is 90.0 cm³/mol. The number of ether oxygens (including phenoxy) is 2. The van der Waals surface area contributed by atoms with E-state index in [4.69, 9.17) is 9.47 Å². The van der Waals surface area contributed by atoms with Crippen molar-refractivity contribution in [2.24, 2.45) is 0 Å². The Bertz CT molecular complexity index is 959. The Morgan fingerprint density at radius 3 is 2.67 bits per heavy atom. The molecule has 0 radical (unpaired) electrons. The molecule has 0 saturated heterocycles. The Hall–Kier alpha value is -3.04. The lowest BCUT2D eigenvalue weighted by Crippen LogP contribution is -2.41. The highest BCUT2D eigenvalue weighted by atomic mass is 19.4. The smallest absolute Gasteiger partial charge is 0.453 e. The van der Waals surface area contributed by atoms with Crippen LogP contribution in [-0.4, -0.2) is 45.6 Å². The molecule has 1 aliphatic heterocycles. The molecule has 0 N–H and O–H groups in total. The molecule has 1 aromatic carbocycles. The van der Waals surface area contributed by atoms with E-state index in [1.165, 1.54) is 6.07 Å². The summed E-state index contributed by atoms with van der Waals surface area (Å²) in [5.74, 6) is 0.543. The highest BCUT2D eigenvalue weighted by Crippen LogP contribution is 2.31. The van der Waals surface area contributed by atoms with Gasteiger partial charge in [0, 0.05) is 6.54 Å². The van der Waals surface area contributed by atoms with Gasteiger partial charge in [0.05, 0.1) is 6.54 Å². The number of hydrogen-bond acceptors (Lipinski definition) is 6. The second-order valence-electron chi connectivity index (χ2n) is 6.02. The predicted octanol–water partition coefficient (Wildman–Crippen LogP) is 2.81. The fraction of sp³-hybridized carbons (Fsp3) is 0.353. The van der Waals surface area contributed by atoms with Crippen molar-refractivity contribution >= 4 is 11.5 Å². The number of halogens is 3. The van der Waals surface area contributed by atoms with Gasteiger partial charge in [-0.05, 0) is 31.2 Å². The van der Waals surface area contributed by atoms with Crippen LogP contribution in [-0.2, 0) is 6.18 Å². The summed E-state index contributed by atoms with van der Waals surface area (Å²) in [4.78, 5) is 1.82. The number of aromatic nitrogens is 4. The van der Waals surface area contributed by atoms with Crippen LogP contribution in [0.2, 0.25) is 0 Å². The number of rotatable bonds is 4. The van der Waals surface area contributed by atoms with Gasteiger partial charge < -0.3 is 14.4 Å². The van der Waals surface area contributed by atoms with Gasteiger partial charge in [0.2, 0.25) is 0 Å². The van der Waals surface area contributed by atoms with E-state index in [9.17, 15) is 13.2 Å². The van der Waals surface area contributed by atoms with Gasteiger partial charge in [-0.15, -0.1) is 15.3 Å². The number of nitrogens with zero attached hydrogens (tertiary/aromatic N) is 5. The Morgan fingerprint density at radius 1 is 1.15 bits per heavy atom. The molecule has 0 fully saturated rings. The van der Waals surface area contributed by atoms with E-state index in [0.717, 1.165) is 0 Å². The highest BCUT2D eigenvalue weighted by molar-refractivity contribution is 5.46. The summed E-state index contributed by atoms with van der Waals surface area (Å²) in [7, 11) is 0. The summed E-state index contributed by atoms with van der Waals surface area (Å²) in [6.07, 6.45) is -4.91. The van der Waals surface area contributed by atoms with Crippen molar-refractivity contribution in [3.05, 3.63) is 42.2 Å². The SMILES string of the molecule is CCN(CC1COc2ccccc2O1)c1ccc2nnc(C(F)(F)F)n2n1. The molecule has 0 saturated carbocycles. The maximum absolute atomic E-state index is 13.1. The first-order valence-corrected chi connectivity index (χ1v) is 8.39. The molecule has 27 heavy (non-hydrogen) atoms. The fourth-order valence-electron chi connectivity index (χ4n) is 2.91. The average molecular weight is 379 g/mol. The molecule has 0 aliphatic carbocycles. The van der Waals surface area contributed by atoms with Gasteiger partial charge in [0.1, 0.15) is 12.4 Å². The van der Waals surface area contributed by atoms with Crippen molar-refractivity contribution in [2.75, 3.05) is 24.6 Å². The number of benzene rings is 1. The Labute approximate surface area is 152 Å². The lowest BCUT2D eigenvalue weighted by molar-refractivity contribution is -0.146. The first-order chi connectivity index (χ1) is 13.0. The monoisotopic (exact) mass is 379 g/mol. The normalized spacial score (nSPS) is 16.5. The second kappa shape index (κ2) is 6.60. The maximum Gasteiger partial charge on any atom is 0.453 e. The van der Waals surface area contributed by atoms with Crippen LogP contribution < -0.4 is 14.4 Å². The molecule has 1 atom stereocenters. The van der Waals surface area contributed by atoms with Crippen LogP contribution in [0, 0.1) is 0 Å².